The van der Waals surface area contributed by atoms with Gasteiger partial charge in [0.25, 0.3) is 0 Å². The van der Waals surface area contributed by atoms with Crippen molar-refractivity contribution in [2.75, 3.05) is 24.5 Å². The van der Waals surface area contributed by atoms with Crippen LogP contribution in [0.1, 0.15) is 61.9 Å². The number of piperazine rings is 1. The molecule has 2 atom stereocenters. The van der Waals surface area contributed by atoms with Crippen molar-refractivity contribution >= 4 is 17.8 Å². The van der Waals surface area contributed by atoms with Crippen LogP contribution in [0.3, 0.4) is 0 Å². The van der Waals surface area contributed by atoms with Gasteiger partial charge in [0, 0.05) is 37.3 Å². The van der Waals surface area contributed by atoms with Gasteiger partial charge in [-0.3, -0.25) is 9.78 Å². The van der Waals surface area contributed by atoms with Crippen molar-refractivity contribution < 1.29 is 9.90 Å². The molecule has 2 aliphatic carbocycles. The second kappa shape index (κ2) is 9.19. The number of rotatable bonds is 7. The van der Waals surface area contributed by atoms with E-state index in [1.165, 1.54) is 0 Å². The summed E-state index contributed by atoms with van der Waals surface area (Å²) in [5.74, 6) is 1.65. The topological polar surface area (TPSA) is 93.4 Å². The highest BCUT2D eigenvalue weighted by atomic mass is 16.3. The van der Waals surface area contributed by atoms with Crippen molar-refractivity contribution in [2.45, 2.75) is 57.1 Å². The lowest BCUT2D eigenvalue weighted by Crippen LogP contribution is -2.57. The molecule has 1 unspecified atom stereocenters. The van der Waals surface area contributed by atoms with Gasteiger partial charge in [-0.1, -0.05) is 6.58 Å². The van der Waals surface area contributed by atoms with Gasteiger partial charge in [-0.05, 0) is 68.4 Å². The first-order valence-electron chi connectivity index (χ1n) is 12.2. The maximum absolute atomic E-state index is 12.8. The van der Waals surface area contributed by atoms with Crippen molar-refractivity contribution in [2.24, 2.45) is 5.92 Å². The number of aromatic nitrogens is 2. The van der Waals surface area contributed by atoms with E-state index in [9.17, 15) is 15.2 Å². The highest BCUT2D eigenvalue weighted by Crippen LogP contribution is 2.45. The predicted molar refractivity (Wildman–Crippen MR) is 131 cm³/mol. The van der Waals surface area contributed by atoms with E-state index < -0.39 is 6.10 Å². The third-order valence-corrected chi connectivity index (χ3v) is 7.09. The summed E-state index contributed by atoms with van der Waals surface area (Å²) in [5.41, 5.74) is 4.41. The number of carbonyl (C=O) groups is 1. The predicted octanol–water partition coefficient (Wildman–Crippen LogP) is 3.73. The molecule has 2 saturated carbocycles. The average Bonchev–Trinajstić information content (AvgIpc) is 3.76. The lowest BCUT2D eigenvalue weighted by atomic mass is 9.98. The molecule has 34 heavy (non-hydrogen) atoms. The van der Waals surface area contributed by atoms with Crippen LogP contribution in [0.5, 0.6) is 0 Å². The molecule has 0 aromatic carbocycles. The highest BCUT2D eigenvalue weighted by Gasteiger charge is 2.42. The van der Waals surface area contributed by atoms with Crippen LogP contribution in [0.15, 0.2) is 31.0 Å². The Kier molecular flexibility index (Phi) is 6.09. The van der Waals surface area contributed by atoms with Crippen molar-refractivity contribution in [3.63, 3.8) is 0 Å². The van der Waals surface area contributed by atoms with Gasteiger partial charge in [0.2, 0.25) is 5.91 Å². The maximum Gasteiger partial charge on any atom is 0.225 e. The maximum atomic E-state index is 12.8. The van der Waals surface area contributed by atoms with Crippen LogP contribution in [0.25, 0.3) is 17.2 Å². The minimum absolute atomic E-state index is 0.0183. The zero-order valence-electron chi connectivity index (χ0n) is 19.7. The summed E-state index contributed by atoms with van der Waals surface area (Å²) in [6.07, 6.45) is 7.47. The minimum Gasteiger partial charge on any atom is -0.393 e. The van der Waals surface area contributed by atoms with E-state index in [-0.39, 0.29) is 18.4 Å². The molecule has 3 heterocycles. The lowest BCUT2D eigenvalue weighted by Gasteiger charge is -2.43. The normalized spacial score (nSPS) is 21.1. The van der Waals surface area contributed by atoms with Crippen molar-refractivity contribution in [3.8, 4) is 17.2 Å². The third-order valence-electron chi connectivity index (χ3n) is 7.09. The van der Waals surface area contributed by atoms with Crippen LogP contribution in [-0.4, -0.2) is 57.7 Å². The van der Waals surface area contributed by atoms with E-state index in [2.05, 4.69) is 22.5 Å². The summed E-state index contributed by atoms with van der Waals surface area (Å²) in [6, 6.07) is 8.43. The number of aliphatic hydroxyl groups is 1. The van der Waals surface area contributed by atoms with Gasteiger partial charge in [0.15, 0.2) is 0 Å². The molecule has 1 aliphatic heterocycles. The van der Waals surface area contributed by atoms with Crippen LogP contribution < -0.4 is 4.90 Å². The van der Waals surface area contributed by atoms with Crippen LogP contribution in [0, 0.1) is 17.2 Å². The summed E-state index contributed by atoms with van der Waals surface area (Å²) < 4.78 is 0. The fraction of sp³-hybridized carbons (Fsp3) is 0.481. The van der Waals surface area contributed by atoms with Gasteiger partial charge < -0.3 is 14.9 Å². The Balaban J connectivity index is 1.48. The average molecular weight is 458 g/mol. The Hall–Kier alpha value is -3.24. The van der Waals surface area contributed by atoms with Crippen LogP contribution >= 0.6 is 0 Å². The largest absolute Gasteiger partial charge is 0.393 e. The Labute approximate surface area is 200 Å². The number of hydrogen-bond acceptors (Lipinski definition) is 6. The Bertz CT molecular complexity index is 1150. The summed E-state index contributed by atoms with van der Waals surface area (Å²) >= 11 is 0. The smallest absolute Gasteiger partial charge is 0.225 e. The summed E-state index contributed by atoms with van der Waals surface area (Å²) in [6.45, 7) is 7.39. The van der Waals surface area contributed by atoms with Crippen molar-refractivity contribution in [1.29, 1.82) is 5.26 Å². The Morgan fingerprint density at radius 1 is 1.32 bits per heavy atom. The fourth-order valence-electron chi connectivity index (χ4n) is 5.03. The zero-order chi connectivity index (χ0) is 23.8. The molecule has 3 fully saturated rings. The van der Waals surface area contributed by atoms with Gasteiger partial charge in [-0.2, -0.15) is 5.26 Å². The van der Waals surface area contributed by atoms with E-state index in [1.54, 1.807) is 19.2 Å². The number of anilines is 1. The summed E-state index contributed by atoms with van der Waals surface area (Å²) in [5, 5.41) is 19.8. The van der Waals surface area contributed by atoms with Gasteiger partial charge in [0.1, 0.15) is 11.9 Å². The molecule has 2 aromatic heterocycles. The Morgan fingerprint density at radius 2 is 2.12 bits per heavy atom. The van der Waals surface area contributed by atoms with Crippen LogP contribution in [0.2, 0.25) is 0 Å². The van der Waals surface area contributed by atoms with Crippen molar-refractivity contribution in [1.82, 2.24) is 14.9 Å². The molecule has 0 radical (unpaired) electrons. The zero-order valence-corrected chi connectivity index (χ0v) is 19.7. The second-order valence-corrected chi connectivity index (χ2v) is 9.84. The summed E-state index contributed by atoms with van der Waals surface area (Å²) in [4.78, 5) is 26.4. The molecule has 2 aromatic rings. The van der Waals surface area contributed by atoms with Gasteiger partial charge in [-0.15, -0.1) is 0 Å². The molecule has 176 valence electrons. The molecule has 3 aliphatic rings. The molecule has 7 heteroatoms. The van der Waals surface area contributed by atoms with Crippen LogP contribution in [-0.2, 0) is 4.79 Å². The molecule has 1 saturated heterocycles. The molecular formula is C27H31N5O2. The molecule has 1 N–H and O–H groups in total. The number of aliphatic hydroxyl groups excluding tert-OH is 1. The number of pyridine rings is 2. The summed E-state index contributed by atoms with van der Waals surface area (Å²) in [7, 11) is 0. The lowest BCUT2D eigenvalue weighted by molar-refractivity contribution is -0.136. The molecule has 1 amide bonds. The number of amides is 1. The van der Waals surface area contributed by atoms with E-state index in [0.717, 1.165) is 54.0 Å². The number of nitriles is 1. The first-order chi connectivity index (χ1) is 16.5. The van der Waals surface area contributed by atoms with E-state index in [4.69, 9.17) is 4.98 Å². The number of nitrogens with zero attached hydrogens (tertiary/aromatic N) is 5. The monoisotopic (exact) mass is 457 g/mol. The van der Waals surface area contributed by atoms with E-state index in [1.807, 2.05) is 23.1 Å². The Morgan fingerprint density at radius 3 is 2.76 bits per heavy atom. The van der Waals surface area contributed by atoms with Crippen LogP contribution in [0.4, 0.5) is 5.82 Å². The van der Waals surface area contributed by atoms with Gasteiger partial charge >= 0.3 is 0 Å². The van der Waals surface area contributed by atoms with Gasteiger partial charge in [0.05, 0.1) is 35.5 Å². The standard InChI is InChI=1S/C27H31N5O2/c1-3-22-13-20(8-9-29-22)23-14-21(15-28)27(30-26(23)19-6-7-19)31-10-11-32(25(34)12-17(2)33)24(16-31)18-4-5-18/h3,8-9,13-14,17-19,24,33H,1,4-7,10-12,16H2,2H3/t17?,24-/m0/s1. The number of hydrogen-bond donors (Lipinski definition) is 1. The molecule has 7 nitrogen and oxygen atoms in total. The van der Waals surface area contributed by atoms with Gasteiger partial charge in [-0.25, -0.2) is 4.98 Å². The highest BCUT2D eigenvalue weighted by molar-refractivity contribution is 5.78. The number of carbonyl (C=O) groups excluding carboxylic acids is 1. The molecule has 5 rings (SSSR count). The van der Waals surface area contributed by atoms with E-state index in [0.29, 0.717) is 37.0 Å². The molecule has 0 bridgehead atoms. The first-order valence-corrected chi connectivity index (χ1v) is 12.2. The van der Waals surface area contributed by atoms with Crippen molar-refractivity contribution in [3.05, 3.63) is 47.9 Å². The molecule has 0 spiro atoms. The quantitative estimate of drug-likeness (QED) is 0.681. The fourth-order valence-corrected chi connectivity index (χ4v) is 5.03. The van der Waals surface area contributed by atoms with E-state index >= 15 is 0 Å². The molecular weight excluding hydrogens is 426 g/mol. The first kappa shape index (κ1) is 22.5. The SMILES string of the molecule is C=Cc1cc(-c2cc(C#N)c(N3CCN(C(=O)CC(C)O)[C@H](C4CC4)C3)nc2C2CC2)ccn1. The third kappa shape index (κ3) is 4.55. The second-order valence-electron chi connectivity index (χ2n) is 9.84. The minimum atomic E-state index is -0.638.